The second-order valence-electron chi connectivity index (χ2n) is 6.94. The van der Waals surface area contributed by atoms with Crippen molar-refractivity contribution < 1.29 is 13.5 Å². The molecule has 0 aliphatic rings. The molecule has 0 aliphatic heterocycles. The van der Waals surface area contributed by atoms with Crippen LogP contribution < -0.4 is 10.0 Å². The van der Waals surface area contributed by atoms with Gasteiger partial charge in [-0.25, -0.2) is 18.4 Å². The number of aryl methyl sites for hydroxylation is 1. The van der Waals surface area contributed by atoms with Gasteiger partial charge in [-0.15, -0.1) is 0 Å². The summed E-state index contributed by atoms with van der Waals surface area (Å²) in [7, 11) is -3.90. The van der Waals surface area contributed by atoms with Gasteiger partial charge in [-0.1, -0.05) is 59.8 Å². The molecule has 0 amide bonds. The third-order valence-electron chi connectivity index (χ3n) is 4.28. The standard InChI is InChI=1S/C21H23ClN4O3S2/c1-14-8-9-17(10-18(14)22)31(28,29)26-20-11-19(23-15(2)12-27)24-21(25-20)30-13-16-6-4-3-5-7-16/h3-11,15,27H,12-13H2,1-2H3,(H2,23,24,25,26)/t15-/m1/s1. The molecule has 0 radical (unpaired) electrons. The lowest BCUT2D eigenvalue weighted by Crippen LogP contribution is -2.21. The number of hydrogen-bond donors (Lipinski definition) is 3. The van der Waals surface area contributed by atoms with Crippen LogP contribution in [0.4, 0.5) is 11.6 Å². The Morgan fingerprint density at radius 1 is 1.10 bits per heavy atom. The van der Waals surface area contributed by atoms with E-state index in [4.69, 9.17) is 11.6 Å². The number of aromatic nitrogens is 2. The maximum Gasteiger partial charge on any atom is 0.263 e. The molecule has 3 aromatic rings. The molecule has 164 valence electrons. The van der Waals surface area contributed by atoms with Gasteiger partial charge in [0, 0.05) is 22.9 Å². The number of thioether (sulfide) groups is 1. The molecule has 0 saturated carbocycles. The summed E-state index contributed by atoms with van der Waals surface area (Å²) in [5.41, 5.74) is 1.88. The van der Waals surface area contributed by atoms with E-state index in [1.807, 2.05) is 30.3 Å². The maximum atomic E-state index is 12.8. The number of aliphatic hydroxyl groups is 1. The number of sulfonamides is 1. The highest BCUT2D eigenvalue weighted by atomic mass is 35.5. The van der Waals surface area contributed by atoms with Crippen LogP contribution in [0.15, 0.2) is 64.6 Å². The fourth-order valence-electron chi connectivity index (χ4n) is 2.57. The van der Waals surface area contributed by atoms with E-state index in [0.29, 0.717) is 21.7 Å². The van der Waals surface area contributed by atoms with Gasteiger partial charge < -0.3 is 10.4 Å². The van der Waals surface area contributed by atoms with Crippen LogP contribution in [0, 0.1) is 6.92 Å². The molecule has 2 aromatic carbocycles. The SMILES string of the molecule is Cc1ccc(S(=O)(=O)Nc2cc(N[C@H](C)CO)nc(SCc3ccccc3)n2)cc1Cl. The Labute approximate surface area is 191 Å². The second kappa shape index (κ2) is 10.3. The molecule has 3 N–H and O–H groups in total. The fourth-order valence-corrected chi connectivity index (χ4v) is 4.65. The first-order valence-electron chi connectivity index (χ1n) is 9.49. The minimum atomic E-state index is -3.90. The van der Waals surface area contributed by atoms with Crippen LogP contribution in [0.5, 0.6) is 0 Å². The van der Waals surface area contributed by atoms with Gasteiger partial charge >= 0.3 is 0 Å². The van der Waals surface area contributed by atoms with E-state index in [1.54, 1.807) is 19.9 Å². The van der Waals surface area contributed by atoms with Crippen molar-refractivity contribution in [3.8, 4) is 0 Å². The Morgan fingerprint density at radius 3 is 2.48 bits per heavy atom. The van der Waals surface area contributed by atoms with Gasteiger partial charge in [0.25, 0.3) is 10.0 Å². The van der Waals surface area contributed by atoms with Crippen molar-refractivity contribution in [2.75, 3.05) is 16.6 Å². The lowest BCUT2D eigenvalue weighted by Gasteiger charge is -2.15. The highest BCUT2D eigenvalue weighted by molar-refractivity contribution is 7.98. The third kappa shape index (κ3) is 6.57. The van der Waals surface area contributed by atoms with E-state index < -0.39 is 10.0 Å². The Morgan fingerprint density at radius 2 is 1.81 bits per heavy atom. The van der Waals surface area contributed by atoms with Gasteiger partial charge in [-0.2, -0.15) is 0 Å². The third-order valence-corrected chi connectivity index (χ3v) is 6.96. The quantitative estimate of drug-likeness (QED) is 0.310. The van der Waals surface area contributed by atoms with Crippen LogP contribution in [-0.4, -0.2) is 36.1 Å². The molecule has 3 rings (SSSR count). The number of nitrogens with zero attached hydrogens (tertiary/aromatic N) is 2. The first-order chi connectivity index (χ1) is 14.8. The monoisotopic (exact) mass is 478 g/mol. The summed E-state index contributed by atoms with van der Waals surface area (Å²) >= 11 is 7.47. The number of hydrogen-bond acceptors (Lipinski definition) is 7. The normalized spacial score (nSPS) is 12.4. The second-order valence-corrected chi connectivity index (χ2v) is 9.97. The summed E-state index contributed by atoms with van der Waals surface area (Å²) in [6.45, 7) is 3.49. The predicted molar refractivity (Wildman–Crippen MR) is 125 cm³/mol. The van der Waals surface area contributed by atoms with Gasteiger partial charge in [-0.05, 0) is 37.1 Å². The van der Waals surface area contributed by atoms with Crippen LogP contribution in [0.3, 0.4) is 0 Å². The number of halogens is 1. The molecule has 0 aliphatic carbocycles. The first-order valence-corrected chi connectivity index (χ1v) is 12.3. The summed E-state index contributed by atoms with van der Waals surface area (Å²) in [4.78, 5) is 8.84. The number of anilines is 2. The molecule has 1 aromatic heterocycles. The van der Waals surface area contributed by atoms with Crippen molar-refractivity contribution in [1.82, 2.24) is 9.97 Å². The molecule has 1 atom stereocenters. The highest BCUT2D eigenvalue weighted by Crippen LogP contribution is 2.26. The zero-order chi connectivity index (χ0) is 22.4. The van der Waals surface area contributed by atoms with E-state index in [2.05, 4.69) is 20.0 Å². The lowest BCUT2D eigenvalue weighted by molar-refractivity contribution is 0.281. The summed E-state index contributed by atoms with van der Waals surface area (Å²) in [6, 6.07) is 15.6. The van der Waals surface area contributed by atoms with Crippen molar-refractivity contribution in [3.05, 3.63) is 70.7 Å². The van der Waals surface area contributed by atoms with Crippen LogP contribution in [0.1, 0.15) is 18.1 Å². The highest BCUT2D eigenvalue weighted by Gasteiger charge is 2.18. The summed E-state index contributed by atoms with van der Waals surface area (Å²) in [5, 5.41) is 13.1. The fraction of sp³-hybridized carbons (Fsp3) is 0.238. The first kappa shape index (κ1) is 23.3. The van der Waals surface area contributed by atoms with E-state index >= 15 is 0 Å². The van der Waals surface area contributed by atoms with Gasteiger partial charge in [0.2, 0.25) is 0 Å². The number of rotatable bonds is 9. The molecule has 0 fully saturated rings. The van der Waals surface area contributed by atoms with Crippen LogP contribution in [-0.2, 0) is 15.8 Å². The van der Waals surface area contributed by atoms with Crippen LogP contribution >= 0.6 is 23.4 Å². The number of aliphatic hydroxyl groups excluding tert-OH is 1. The van der Waals surface area contributed by atoms with E-state index in [-0.39, 0.29) is 23.4 Å². The van der Waals surface area contributed by atoms with Gasteiger partial charge in [0.15, 0.2) is 5.16 Å². The van der Waals surface area contributed by atoms with E-state index in [1.165, 1.54) is 30.0 Å². The van der Waals surface area contributed by atoms with Crippen LogP contribution in [0.25, 0.3) is 0 Å². The minimum absolute atomic E-state index is 0.0402. The van der Waals surface area contributed by atoms with Crippen LogP contribution in [0.2, 0.25) is 5.02 Å². The Kier molecular flexibility index (Phi) is 7.77. The molecule has 7 nitrogen and oxygen atoms in total. The largest absolute Gasteiger partial charge is 0.394 e. The molecule has 31 heavy (non-hydrogen) atoms. The number of benzene rings is 2. The van der Waals surface area contributed by atoms with E-state index in [0.717, 1.165) is 11.1 Å². The van der Waals surface area contributed by atoms with Crippen molar-refractivity contribution in [2.24, 2.45) is 0 Å². The predicted octanol–water partition coefficient (Wildman–Crippen LogP) is 4.32. The zero-order valence-electron chi connectivity index (χ0n) is 17.0. The molecule has 0 bridgehead atoms. The Balaban J connectivity index is 1.88. The molecular weight excluding hydrogens is 456 g/mol. The smallest absolute Gasteiger partial charge is 0.263 e. The van der Waals surface area contributed by atoms with Crippen molar-refractivity contribution in [2.45, 2.75) is 35.7 Å². The Hall–Kier alpha value is -2.33. The average Bonchev–Trinajstić information content (AvgIpc) is 2.74. The average molecular weight is 479 g/mol. The maximum absolute atomic E-state index is 12.8. The minimum Gasteiger partial charge on any atom is -0.394 e. The topological polar surface area (TPSA) is 104 Å². The van der Waals surface area contributed by atoms with Crippen molar-refractivity contribution in [3.63, 3.8) is 0 Å². The molecule has 0 unspecified atom stereocenters. The Bertz CT molecular complexity index is 1140. The van der Waals surface area contributed by atoms with E-state index in [9.17, 15) is 13.5 Å². The van der Waals surface area contributed by atoms with Crippen molar-refractivity contribution >= 4 is 45.0 Å². The van der Waals surface area contributed by atoms with Crippen molar-refractivity contribution in [1.29, 1.82) is 0 Å². The molecule has 0 saturated heterocycles. The molecule has 1 heterocycles. The van der Waals surface area contributed by atoms with Gasteiger partial charge in [-0.3, -0.25) is 4.72 Å². The van der Waals surface area contributed by atoms with Gasteiger partial charge in [0.1, 0.15) is 11.6 Å². The molecule has 10 heteroatoms. The summed E-state index contributed by atoms with van der Waals surface area (Å²) < 4.78 is 28.2. The summed E-state index contributed by atoms with van der Waals surface area (Å²) in [6.07, 6.45) is 0. The summed E-state index contributed by atoms with van der Waals surface area (Å²) in [5.74, 6) is 1.15. The molecule has 0 spiro atoms. The molecular formula is C21H23ClN4O3S2. The number of nitrogens with one attached hydrogen (secondary N) is 2. The van der Waals surface area contributed by atoms with Gasteiger partial charge in [0.05, 0.1) is 11.5 Å². The zero-order valence-corrected chi connectivity index (χ0v) is 19.4. The lowest BCUT2D eigenvalue weighted by atomic mass is 10.2.